The molecule has 410 valence electrons. The number of nitrogens with zero attached hydrogens (tertiary/aromatic N) is 2. The van der Waals surface area contributed by atoms with Crippen LogP contribution in [0.4, 0.5) is 0 Å². The molecule has 0 saturated carbocycles. The Labute approximate surface area is 441 Å². The van der Waals surface area contributed by atoms with Gasteiger partial charge in [-0.2, -0.15) is 0 Å². The molecule has 11 nitrogen and oxygen atoms in total. The number of carbonyl (C=O) groups is 2. The topological polar surface area (TPSA) is 149 Å². The Kier molecular flexibility index (Phi) is 21.4. The monoisotopic (exact) mass is 1030 g/mol. The summed E-state index contributed by atoms with van der Waals surface area (Å²) in [7, 11) is 1.30. The first-order chi connectivity index (χ1) is 34.1. The van der Waals surface area contributed by atoms with E-state index in [-0.39, 0.29) is 56.2 Å². The van der Waals surface area contributed by atoms with Gasteiger partial charge in [0.25, 0.3) is 0 Å². The predicted molar refractivity (Wildman–Crippen MR) is 300 cm³/mol. The third-order valence-corrected chi connectivity index (χ3v) is 21.2. The van der Waals surface area contributed by atoms with Crippen LogP contribution in [-0.2, 0) is 23.8 Å². The second-order valence-electron chi connectivity index (χ2n) is 24.0. The summed E-state index contributed by atoms with van der Waals surface area (Å²) in [5, 5.41) is 52.5. The van der Waals surface area contributed by atoms with Crippen molar-refractivity contribution in [3.05, 3.63) is 88.0 Å². The molecule has 5 rings (SSSR count). The first-order valence-electron chi connectivity index (χ1n) is 27.7. The molecule has 13 atom stereocenters. The van der Waals surface area contributed by atoms with Crippen molar-refractivity contribution in [2.24, 2.45) is 17.8 Å². The summed E-state index contributed by atoms with van der Waals surface area (Å²) >= 11 is 0. The van der Waals surface area contributed by atoms with E-state index >= 15 is 0 Å². The number of cyclic esters (lactones) is 1. The van der Waals surface area contributed by atoms with Gasteiger partial charge < -0.3 is 34.4 Å². The summed E-state index contributed by atoms with van der Waals surface area (Å²) in [6, 6.07) is 20.3. The molecule has 2 aliphatic heterocycles. The van der Waals surface area contributed by atoms with E-state index in [9.17, 15) is 30.0 Å². The van der Waals surface area contributed by atoms with E-state index in [4.69, 9.17) is 14.2 Å². The Hall–Kier alpha value is -3.25. The second-order valence-corrected chi connectivity index (χ2v) is 28.0. The van der Waals surface area contributed by atoms with Gasteiger partial charge in [0.2, 0.25) is 0 Å². The first kappa shape index (κ1) is 60.6. The molecular formula is C61H97N2O9P. The Morgan fingerprint density at radius 2 is 1.23 bits per heavy atom. The van der Waals surface area contributed by atoms with E-state index in [1.54, 1.807) is 32.6 Å². The van der Waals surface area contributed by atoms with Crippen LogP contribution < -0.4 is 15.9 Å². The summed E-state index contributed by atoms with van der Waals surface area (Å²) in [6.45, 7) is 27.8. The zero-order valence-corrected chi connectivity index (χ0v) is 48.8. The van der Waals surface area contributed by atoms with Crippen LogP contribution in [0.25, 0.3) is 0 Å². The van der Waals surface area contributed by atoms with Crippen LogP contribution in [0.1, 0.15) is 153 Å². The number of hydrogen-bond donors (Lipinski definition) is 4. The molecule has 0 aromatic heterocycles. The second kappa shape index (κ2) is 25.7. The van der Waals surface area contributed by atoms with Gasteiger partial charge in [-0.3, -0.25) is 4.79 Å². The molecule has 4 N–H and O–H groups in total. The fraction of sp³-hybridized carbons (Fsp3) is 0.672. The van der Waals surface area contributed by atoms with Gasteiger partial charge in [0.1, 0.15) is 12.2 Å². The quantitative estimate of drug-likeness (QED) is 0.0662. The summed E-state index contributed by atoms with van der Waals surface area (Å²) in [5.74, 6) is -2.04. The van der Waals surface area contributed by atoms with Crippen molar-refractivity contribution in [1.82, 2.24) is 9.80 Å². The molecule has 0 aliphatic carbocycles. The van der Waals surface area contributed by atoms with Crippen LogP contribution in [0.3, 0.4) is 0 Å². The van der Waals surface area contributed by atoms with Crippen LogP contribution in [0.15, 0.2) is 54.6 Å². The average molecular weight is 1030 g/mol. The Morgan fingerprint density at radius 1 is 0.753 bits per heavy atom. The Balaban J connectivity index is 1.37. The molecule has 2 aliphatic rings. The summed E-state index contributed by atoms with van der Waals surface area (Å²) < 4.78 is 18.9. The standard InChI is InChI=1S/C61H97N2O9P/c1-17-53-61(14,69)56(66)48(12)63(37-44(8)36-60(13,68)57(45(9)34-46(10)58(67)71-53)72-59-55(65)52(62(15)16)35-47(11)70-59)54(64)23-21-19-18-20-22-24-73(49-28-38(2)25-39(3)29-49,50-30-40(4)26-41(5)31-50)51-32-42(6)27-43(7)33-51/h25-33,44-48,52-53,55-57,59,65-66,68-69,73H,17-24,34-37H2,1-16H3/t44-,45+,46-,47-,48-,52+,53-,55-,56-,57-,59+,60-,61-/m1/s1. The van der Waals surface area contributed by atoms with Gasteiger partial charge in [0.15, 0.2) is 6.29 Å². The molecule has 3 aromatic rings. The number of esters is 1. The first-order valence-corrected chi connectivity index (χ1v) is 29.9. The number of rotatable bonds is 15. The molecule has 2 heterocycles. The van der Waals surface area contributed by atoms with Crippen LogP contribution in [0.5, 0.6) is 0 Å². The smallest absolute Gasteiger partial charge is 0.383 e. The number of aliphatic hydroxyl groups excluding tert-OH is 2. The van der Waals surface area contributed by atoms with Gasteiger partial charge >= 0.3 is 275 Å². The van der Waals surface area contributed by atoms with Gasteiger partial charge in [-0.25, -0.2) is 0 Å². The van der Waals surface area contributed by atoms with Gasteiger partial charge in [-0.1, -0.05) is 20.8 Å². The van der Waals surface area contributed by atoms with E-state index < -0.39 is 73.0 Å². The number of amides is 1. The number of benzene rings is 3. The third kappa shape index (κ3) is 15.0. The van der Waals surface area contributed by atoms with Crippen molar-refractivity contribution in [1.29, 1.82) is 0 Å². The molecular weight excluding hydrogens is 936 g/mol. The number of aliphatic hydroxyl groups is 4. The molecule has 3 aromatic carbocycles. The van der Waals surface area contributed by atoms with Gasteiger partial charge in [-0.05, 0) is 60.0 Å². The number of hydrogen-bond acceptors (Lipinski definition) is 10. The molecule has 2 fully saturated rings. The van der Waals surface area contributed by atoms with Crippen LogP contribution in [0, 0.1) is 59.3 Å². The minimum atomic E-state index is -2.52. The molecule has 12 heteroatoms. The van der Waals surface area contributed by atoms with E-state index in [0.717, 1.165) is 31.8 Å². The summed E-state index contributed by atoms with van der Waals surface area (Å²) in [4.78, 5) is 32.1. The third-order valence-electron chi connectivity index (χ3n) is 16.3. The molecule has 73 heavy (non-hydrogen) atoms. The van der Waals surface area contributed by atoms with Crippen molar-refractivity contribution in [2.45, 2.75) is 221 Å². The van der Waals surface area contributed by atoms with E-state index in [1.807, 2.05) is 39.8 Å². The van der Waals surface area contributed by atoms with Gasteiger partial charge in [0.05, 0.1) is 23.7 Å². The van der Waals surface area contributed by atoms with E-state index in [1.165, 1.54) is 56.2 Å². The molecule has 0 spiro atoms. The number of likely N-dealkylation sites (N-methyl/N-ethyl adjacent to an activating group) is 1. The van der Waals surface area contributed by atoms with Crippen molar-refractivity contribution in [3.63, 3.8) is 0 Å². The maximum absolute atomic E-state index is 14.6. The Bertz CT molecular complexity index is 2110. The van der Waals surface area contributed by atoms with Crippen molar-refractivity contribution >= 4 is 35.1 Å². The zero-order valence-electron chi connectivity index (χ0n) is 47.8. The van der Waals surface area contributed by atoms with Gasteiger partial charge in [0, 0.05) is 6.04 Å². The molecule has 1 amide bonds. The molecule has 0 radical (unpaired) electrons. The normalized spacial score (nSPS) is 31.4. The number of ether oxygens (including phenoxy) is 3. The number of carbonyl (C=O) groups excluding carboxylic acids is 2. The fourth-order valence-electron chi connectivity index (χ4n) is 12.8. The van der Waals surface area contributed by atoms with E-state index in [2.05, 4.69) is 96.1 Å². The van der Waals surface area contributed by atoms with Crippen molar-refractivity contribution in [2.75, 3.05) is 26.8 Å². The fourth-order valence-corrected chi connectivity index (χ4v) is 18.3. The SMILES string of the molecule is CC[C@H]1OC(=O)[C@H](C)C[C@H](C)[C@@H](O[C@@H]2O[C@H](C)C[C@H](N(C)C)[C@H]2O)[C@](C)(O)C[C@@H](C)CN(C(=O)CCCCCCC[PH](c2cc(C)cc(C)c2)(c2cc(C)cc(C)c2)c2cc(C)cc(C)c2)[C@H](C)[C@@H](O)[C@]1(C)O. The minimum absolute atomic E-state index is 0.147. The van der Waals surface area contributed by atoms with E-state index in [0.29, 0.717) is 12.8 Å². The molecule has 0 bridgehead atoms. The maximum atomic E-state index is 14.6. The van der Waals surface area contributed by atoms with Crippen molar-refractivity contribution in [3.8, 4) is 0 Å². The minimum Gasteiger partial charge on any atom is -0.383 e. The predicted octanol–water partition coefficient (Wildman–Crippen LogP) is 8.82. The average Bonchev–Trinajstić information content (AvgIpc) is 3.28. The summed E-state index contributed by atoms with van der Waals surface area (Å²) in [6.07, 6.45) is 1.57. The van der Waals surface area contributed by atoms with Crippen LogP contribution in [0.2, 0.25) is 0 Å². The van der Waals surface area contributed by atoms with Crippen LogP contribution in [-0.4, -0.2) is 129 Å². The van der Waals surface area contributed by atoms with Crippen molar-refractivity contribution < 1.29 is 44.2 Å². The number of unbranched alkanes of at least 4 members (excludes halogenated alkanes) is 4. The molecule has 0 unspecified atom stereocenters. The molecule has 2 saturated heterocycles. The van der Waals surface area contributed by atoms with Crippen LogP contribution >= 0.6 is 7.26 Å². The summed E-state index contributed by atoms with van der Waals surface area (Å²) in [5.41, 5.74) is 4.31. The van der Waals surface area contributed by atoms with Gasteiger partial charge in [-0.15, -0.1) is 0 Å². The zero-order chi connectivity index (χ0) is 54.3. The number of aryl methyl sites for hydroxylation is 6. The Morgan fingerprint density at radius 3 is 1.71 bits per heavy atom.